The highest BCUT2D eigenvalue weighted by Crippen LogP contribution is 1.88. The summed E-state index contributed by atoms with van der Waals surface area (Å²) < 4.78 is 0. The predicted octanol–water partition coefficient (Wildman–Crippen LogP) is 0.287. The summed E-state index contributed by atoms with van der Waals surface area (Å²) in [4.78, 5) is 0. The van der Waals surface area contributed by atoms with Crippen LogP contribution < -0.4 is 11.1 Å². The second-order valence-electron chi connectivity index (χ2n) is 2.40. The van der Waals surface area contributed by atoms with E-state index in [0.717, 1.165) is 6.42 Å². The Morgan fingerprint density at radius 3 is 3.00 bits per heavy atom. The Hall–Kier alpha value is -1.03. The summed E-state index contributed by atoms with van der Waals surface area (Å²) in [5.41, 5.74) is 5.23. The first kappa shape index (κ1) is 9.97. The van der Waals surface area contributed by atoms with Crippen molar-refractivity contribution in [3.05, 3.63) is 12.7 Å². The van der Waals surface area contributed by atoms with Crippen molar-refractivity contribution in [1.29, 1.82) is 0 Å². The first-order valence-corrected chi connectivity index (χ1v) is 3.51. The van der Waals surface area contributed by atoms with Gasteiger partial charge in [0.2, 0.25) is 0 Å². The summed E-state index contributed by atoms with van der Waals surface area (Å²) in [5, 5.41) is 14.1. The molecule has 0 aliphatic heterocycles. The van der Waals surface area contributed by atoms with Gasteiger partial charge in [0.15, 0.2) is 5.84 Å². The van der Waals surface area contributed by atoms with Crippen molar-refractivity contribution in [1.82, 2.24) is 5.32 Å². The normalized spacial score (nSPS) is 14.5. The van der Waals surface area contributed by atoms with E-state index in [4.69, 9.17) is 10.9 Å². The van der Waals surface area contributed by atoms with Crippen LogP contribution in [0.5, 0.6) is 0 Å². The SMILES string of the molecule is C=CCC(C)NC/C(N)=N/O. The fraction of sp³-hybridized carbons (Fsp3) is 0.571. The molecule has 4 heteroatoms. The summed E-state index contributed by atoms with van der Waals surface area (Å²) in [6, 6.07) is 0.313. The highest BCUT2D eigenvalue weighted by Gasteiger charge is 1.98. The summed E-state index contributed by atoms with van der Waals surface area (Å²) >= 11 is 0. The molecule has 4 nitrogen and oxygen atoms in total. The molecule has 11 heavy (non-hydrogen) atoms. The highest BCUT2D eigenvalue weighted by atomic mass is 16.4. The highest BCUT2D eigenvalue weighted by molar-refractivity contribution is 5.81. The molecule has 0 bridgehead atoms. The van der Waals surface area contributed by atoms with Crippen molar-refractivity contribution in [2.45, 2.75) is 19.4 Å². The quantitative estimate of drug-likeness (QED) is 0.176. The van der Waals surface area contributed by atoms with Crippen molar-refractivity contribution in [3.63, 3.8) is 0 Å². The van der Waals surface area contributed by atoms with Crippen LogP contribution in [-0.4, -0.2) is 23.6 Å². The Balaban J connectivity index is 3.45. The molecule has 0 aliphatic carbocycles. The Labute approximate surface area is 66.8 Å². The van der Waals surface area contributed by atoms with Gasteiger partial charge in [-0.05, 0) is 13.3 Å². The van der Waals surface area contributed by atoms with E-state index in [1.165, 1.54) is 0 Å². The third-order valence-electron chi connectivity index (χ3n) is 1.28. The molecule has 0 fully saturated rings. The molecule has 0 aliphatic rings. The van der Waals surface area contributed by atoms with Crippen LogP contribution in [0.2, 0.25) is 0 Å². The van der Waals surface area contributed by atoms with Gasteiger partial charge in [0, 0.05) is 6.04 Å². The number of rotatable bonds is 5. The first-order valence-electron chi connectivity index (χ1n) is 3.51. The third-order valence-corrected chi connectivity index (χ3v) is 1.28. The lowest BCUT2D eigenvalue weighted by molar-refractivity contribution is 0.316. The predicted molar refractivity (Wildman–Crippen MR) is 45.7 cm³/mol. The lowest BCUT2D eigenvalue weighted by Crippen LogP contribution is -2.34. The Morgan fingerprint density at radius 1 is 1.91 bits per heavy atom. The van der Waals surface area contributed by atoms with Crippen molar-refractivity contribution in [2.24, 2.45) is 10.9 Å². The van der Waals surface area contributed by atoms with Gasteiger partial charge in [-0.2, -0.15) is 0 Å². The number of nitrogens with two attached hydrogens (primary N) is 1. The molecule has 0 rings (SSSR count). The van der Waals surface area contributed by atoms with Gasteiger partial charge >= 0.3 is 0 Å². The molecule has 1 unspecified atom stereocenters. The van der Waals surface area contributed by atoms with E-state index in [-0.39, 0.29) is 5.84 Å². The van der Waals surface area contributed by atoms with E-state index in [2.05, 4.69) is 17.1 Å². The zero-order chi connectivity index (χ0) is 8.69. The molecule has 1 atom stereocenters. The van der Waals surface area contributed by atoms with Gasteiger partial charge in [0.1, 0.15) is 0 Å². The van der Waals surface area contributed by atoms with E-state index in [9.17, 15) is 0 Å². The minimum Gasteiger partial charge on any atom is -0.409 e. The molecule has 0 saturated carbocycles. The topological polar surface area (TPSA) is 70.6 Å². The number of amidine groups is 1. The van der Waals surface area contributed by atoms with Crippen molar-refractivity contribution in [2.75, 3.05) is 6.54 Å². The molecule has 0 saturated heterocycles. The number of hydrogen-bond donors (Lipinski definition) is 3. The number of nitrogens with zero attached hydrogens (tertiary/aromatic N) is 1. The largest absolute Gasteiger partial charge is 0.409 e. The minimum atomic E-state index is 0.195. The lowest BCUT2D eigenvalue weighted by Gasteiger charge is -2.09. The Kier molecular flexibility index (Phi) is 5.20. The molecule has 0 heterocycles. The van der Waals surface area contributed by atoms with Crippen LogP contribution in [0.25, 0.3) is 0 Å². The average Bonchev–Trinajstić information content (AvgIpc) is 2.01. The van der Waals surface area contributed by atoms with Crippen molar-refractivity contribution >= 4 is 5.84 Å². The molecule has 0 aromatic carbocycles. The van der Waals surface area contributed by atoms with Crippen LogP contribution in [0, 0.1) is 0 Å². The van der Waals surface area contributed by atoms with E-state index in [1.54, 1.807) is 0 Å². The number of nitrogens with one attached hydrogen (secondary N) is 1. The maximum Gasteiger partial charge on any atom is 0.153 e. The van der Waals surface area contributed by atoms with Crippen LogP contribution >= 0.6 is 0 Å². The van der Waals surface area contributed by atoms with Gasteiger partial charge in [-0.25, -0.2) is 0 Å². The van der Waals surface area contributed by atoms with Crippen molar-refractivity contribution < 1.29 is 5.21 Å². The number of oxime groups is 1. The third kappa shape index (κ3) is 5.42. The molecule has 0 aromatic heterocycles. The second-order valence-corrected chi connectivity index (χ2v) is 2.40. The molecule has 4 N–H and O–H groups in total. The van der Waals surface area contributed by atoms with Crippen LogP contribution in [0.15, 0.2) is 17.8 Å². The smallest absolute Gasteiger partial charge is 0.153 e. The molecule has 0 amide bonds. The molecule has 0 radical (unpaired) electrons. The van der Waals surface area contributed by atoms with E-state index in [1.807, 2.05) is 13.0 Å². The monoisotopic (exact) mass is 157 g/mol. The minimum absolute atomic E-state index is 0.195. The molecular formula is C7H15N3O. The average molecular weight is 157 g/mol. The van der Waals surface area contributed by atoms with Gasteiger partial charge in [-0.1, -0.05) is 11.2 Å². The fourth-order valence-electron chi connectivity index (χ4n) is 0.647. The maximum absolute atomic E-state index is 8.18. The van der Waals surface area contributed by atoms with Crippen LogP contribution in [0.1, 0.15) is 13.3 Å². The summed E-state index contributed by atoms with van der Waals surface area (Å²) in [6.45, 7) is 6.01. The van der Waals surface area contributed by atoms with Crippen LogP contribution in [-0.2, 0) is 0 Å². The van der Waals surface area contributed by atoms with Gasteiger partial charge in [0.05, 0.1) is 6.54 Å². The van der Waals surface area contributed by atoms with Gasteiger partial charge in [0.25, 0.3) is 0 Å². The molecular weight excluding hydrogens is 142 g/mol. The summed E-state index contributed by atoms with van der Waals surface area (Å²) in [7, 11) is 0. The molecule has 0 spiro atoms. The van der Waals surface area contributed by atoms with Gasteiger partial charge in [-0.3, -0.25) is 0 Å². The molecule has 0 aromatic rings. The second kappa shape index (κ2) is 5.73. The zero-order valence-electron chi connectivity index (χ0n) is 6.75. The van der Waals surface area contributed by atoms with Gasteiger partial charge in [-0.15, -0.1) is 6.58 Å². The maximum atomic E-state index is 8.18. The van der Waals surface area contributed by atoms with Crippen molar-refractivity contribution in [3.8, 4) is 0 Å². The van der Waals surface area contributed by atoms with E-state index < -0.39 is 0 Å². The number of hydrogen-bond acceptors (Lipinski definition) is 3. The van der Waals surface area contributed by atoms with E-state index >= 15 is 0 Å². The fourth-order valence-corrected chi connectivity index (χ4v) is 0.647. The Morgan fingerprint density at radius 2 is 2.55 bits per heavy atom. The first-order chi connectivity index (χ1) is 5.20. The van der Waals surface area contributed by atoms with E-state index in [0.29, 0.717) is 12.6 Å². The van der Waals surface area contributed by atoms with Crippen LogP contribution in [0.3, 0.4) is 0 Å². The molecule has 64 valence electrons. The summed E-state index contributed by atoms with van der Waals surface area (Å²) in [6.07, 6.45) is 2.70. The zero-order valence-corrected chi connectivity index (χ0v) is 6.75. The van der Waals surface area contributed by atoms with Gasteiger partial charge < -0.3 is 16.3 Å². The summed E-state index contributed by atoms with van der Waals surface area (Å²) in [5.74, 6) is 0.195. The Bertz CT molecular complexity index is 145. The standard InChI is InChI=1S/C7H15N3O/c1-3-4-6(2)9-5-7(8)10-11/h3,6,9,11H,1,4-5H2,2H3,(H2,8,10). The van der Waals surface area contributed by atoms with Crippen LogP contribution in [0.4, 0.5) is 0 Å². The lowest BCUT2D eigenvalue weighted by atomic mass is 10.2.